The van der Waals surface area contributed by atoms with Crippen molar-refractivity contribution < 1.29 is 33.9 Å². The number of benzene rings is 1. The summed E-state index contributed by atoms with van der Waals surface area (Å²) >= 11 is 0. The van der Waals surface area contributed by atoms with Crippen LogP contribution in [0, 0.1) is 5.92 Å². The first-order valence-corrected chi connectivity index (χ1v) is 13.5. The number of carboxylic acid groups (broad SMARTS) is 1. The van der Waals surface area contributed by atoms with Crippen LogP contribution in [-0.4, -0.2) is 95.8 Å². The molecule has 1 aliphatic rings. The molecule has 0 aliphatic carbocycles. The Morgan fingerprint density at radius 2 is 1.57 bits per heavy atom. The van der Waals surface area contributed by atoms with Crippen molar-refractivity contribution in [3.63, 3.8) is 0 Å². The van der Waals surface area contributed by atoms with Crippen LogP contribution < -0.4 is 32.7 Å². The summed E-state index contributed by atoms with van der Waals surface area (Å²) in [5.74, 6) is -5.59. The van der Waals surface area contributed by atoms with Crippen molar-refractivity contribution in [2.75, 3.05) is 20.1 Å². The summed E-state index contributed by atoms with van der Waals surface area (Å²) in [7, 11) is 1.33. The van der Waals surface area contributed by atoms with E-state index in [1.807, 2.05) is 0 Å². The summed E-state index contributed by atoms with van der Waals surface area (Å²) in [4.78, 5) is 82.7. The normalized spacial score (nSPS) is 22.7. The summed E-state index contributed by atoms with van der Waals surface area (Å²) in [5, 5.41) is 19.6. The molecule has 1 aliphatic heterocycles. The Bertz CT molecular complexity index is 1170. The third-order valence-corrected chi connectivity index (χ3v) is 6.51. The van der Waals surface area contributed by atoms with Gasteiger partial charge in [-0.25, -0.2) is 0 Å². The molecule has 0 radical (unpaired) electrons. The quantitative estimate of drug-likeness (QED) is 0.0942. The lowest BCUT2D eigenvalue weighted by Crippen LogP contribution is -2.59. The number of aliphatic imine (C=N–C) groups is 1. The van der Waals surface area contributed by atoms with E-state index in [4.69, 9.17) is 11.5 Å². The lowest BCUT2D eigenvalue weighted by Gasteiger charge is -2.28. The van der Waals surface area contributed by atoms with Gasteiger partial charge < -0.3 is 42.7 Å². The Labute approximate surface area is 243 Å². The Hall–Kier alpha value is -4.69. The average Bonchev–Trinajstić information content (AvgIpc) is 2.91. The van der Waals surface area contributed by atoms with Crippen LogP contribution in [-0.2, 0) is 35.2 Å². The van der Waals surface area contributed by atoms with Gasteiger partial charge in [0.2, 0.25) is 29.5 Å². The van der Waals surface area contributed by atoms with E-state index >= 15 is 0 Å². The first-order chi connectivity index (χ1) is 19.8. The Balaban J connectivity index is 2.48. The van der Waals surface area contributed by atoms with E-state index in [-0.39, 0.29) is 25.3 Å². The number of aliphatic carboxylic acids is 1. The minimum absolute atomic E-state index is 0.0211. The van der Waals surface area contributed by atoms with Gasteiger partial charge in [-0.1, -0.05) is 44.2 Å². The van der Waals surface area contributed by atoms with E-state index in [0.717, 1.165) is 4.90 Å². The molecule has 2 rings (SSSR count). The molecule has 4 atom stereocenters. The number of carbonyl (C=O) groups excluding carboxylic acids is 5. The molecule has 1 fully saturated rings. The number of hydrogen-bond donors (Lipinski definition) is 7. The van der Waals surface area contributed by atoms with Gasteiger partial charge in [-0.05, 0) is 24.3 Å². The van der Waals surface area contributed by atoms with Crippen molar-refractivity contribution in [3.8, 4) is 0 Å². The number of likely N-dealkylation sites (N-methyl/N-ethyl adjacent to an activating group) is 1. The van der Waals surface area contributed by atoms with Crippen LogP contribution in [0.1, 0.15) is 38.7 Å². The number of carbonyl (C=O) groups is 6. The molecule has 0 spiro atoms. The van der Waals surface area contributed by atoms with Gasteiger partial charge in [0, 0.05) is 20.0 Å². The van der Waals surface area contributed by atoms with E-state index in [2.05, 4.69) is 26.3 Å². The number of hydrogen-bond acceptors (Lipinski definition) is 7. The summed E-state index contributed by atoms with van der Waals surface area (Å²) in [6.45, 7) is 3.07. The minimum Gasteiger partial charge on any atom is -0.481 e. The van der Waals surface area contributed by atoms with Crippen LogP contribution in [0.5, 0.6) is 0 Å². The molecule has 0 saturated carbocycles. The molecule has 0 unspecified atom stereocenters. The standard InChI is InChI=1S/C27H40N8O7/c1-15(2)22-25(41)32-17(10-7-11-30-27(28)29)26(42)35(3)14-20(36)31-19(13-21(37)38)23(39)33-18(24(40)34-22)12-16-8-5-4-6-9-16/h4-6,8-9,15,17-19,22H,7,10-14H2,1-3H3,(H,31,36)(H,32,41)(H,33,39)(H,34,40)(H,37,38)(H4,28,29,30)/t17-,18+,19+,22+/m0/s1. The van der Waals surface area contributed by atoms with E-state index in [0.29, 0.717) is 12.0 Å². The molecule has 42 heavy (non-hydrogen) atoms. The van der Waals surface area contributed by atoms with Crippen molar-refractivity contribution in [2.45, 2.75) is 63.7 Å². The van der Waals surface area contributed by atoms with Crippen LogP contribution in [0.4, 0.5) is 0 Å². The fraction of sp³-hybridized carbons (Fsp3) is 0.519. The maximum Gasteiger partial charge on any atom is 0.305 e. The van der Waals surface area contributed by atoms with E-state index in [9.17, 15) is 33.9 Å². The lowest BCUT2D eigenvalue weighted by atomic mass is 10.00. The number of nitrogens with two attached hydrogens (primary N) is 2. The smallest absolute Gasteiger partial charge is 0.305 e. The zero-order valence-corrected chi connectivity index (χ0v) is 24.0. The Morgan fingerprint density at radius 3 is 2.17 bits per heavy atom. The summed E-state index contributed by atoms with van der Waals surface area (Å²) < 4.78 is 0. The van der Waals surface area contributed by atoms with Gasteiger partial charge in [0.05, 0.1) is 13.0 Å². The van der Waals surface area contributed by atoms with Gasteiger partial charge in [0.15, 0.2) is 5.96 Å². The average molecular weight is 589 g/mol. The van der Waals surface area contributed by atoms with Crippen molar-refractivity contribution in [1.82, 2.24) is 26.2 Å². The van der Waals surface area contributed by atoms with Crippen LogP contribution in [0.25, 0.3) is 0 Å². The highest BCUT2D eigenvalue weighted by Crippen LogP contribution is 2.10. The first-order valence-electron chi connectivity index (χ1n) is 13.5. The molecule has 15 nitrogen and oxygen atoms in total. The fourth-order valence-corrected chi connectivity index (χ4v) is 4.33. The number of rotatable bonds is 9. The SMILES string of the molecule is CC(C)[C@H]1NC(=O)[C@@H](Cc2ccccc2)NC(=O)[C@@H](CC(=O)O)NC(=O)CN(C)C(=O)[C@H](CCCN=C(N)N)NC1=O. The van der Waals surface area contributed by atoms with Crippen molar-refractivity contribution in [1.29, 1.82) is 0 Å². The summed E-state index contributed by atoms with van der Waals surface area (Å²) in [5.41, 5.74) is 11.4. The van der Waals surface area contributed by atoms with Gasteiger partial charge >= 0.3 is 5.97 Å². The topological polar surface area (TPSA) is 238 Å². The van der Waals surface area contributed by atoms with Gasteiger partial charge in [-0.3, -0.25) is 33.8 Å². The van der Waals surface area contributed by atoms with Crippen LogP contribution >= 0.6 is 0 Å². The second-order valence-corrected chi connectivity index (χ2v) is 10.4. The Morgan fingerprint density at radius 1 is 0.952 bits per heavy atom. The lowest BCUT2D eigenvalue weighted by molar-refractivity contribution is -0.142. The third-order valence-electron chi connectivity index (χ3n) is 6.51. The maximum absolute atomic E-state index is 13.5. The van der Waals surface area contributed by atoms with Crippen molar-refractivity contribution in [3.05, 3.63) is 35.9 Å². The molecule has 0 bridgehead atoms. The fourth-order valence-electron chi connectivity index (χ4n) is 4.33. The minimum atomic E-state index is -1.54. The summed E-state index contributed by atoms with van der Waals surface area (Å²) in [6, 6.07) is 3.83. The molecule has 1 aromatic rings. The number of carboxylic acids is 1. The molecular weight excluding hydrogens is 548 g/mol. The molecule has 0 aromatic heterocycles. The number of nitrogens with one attached hydrogen (secondary N) is 4. The maximum atomic E-state index is 13.5. The third kappa shape index (κ3) is 10.7. The molecule has 9 N–H and O–H groups in total. The molecule has 1 heterocycles. The van der Waals surface area contributed by atoms with Gasteiger partial charge in [0.1, 0.15) is 24.2 Å². The highest BCUT2D eigenvalue weighted by atomic mass is 16.4. The summed E-state index contributed by atoms with van der Waals surface area (Å²) in [6.07, 6.45) is -0.319. The highest BCUT2D eigenvalue weighted by Gasteiger charge is 2.35. The van der Waals surface area contributed by atoms with E-state index < -0.39 is 78.6 Å². The molecule has 1 saturated heterocycles. The first kappa shape index (κ1) is 33.5. The van der Waals surface area contributed by atoms with Crippen LogP contribution in [0.2, 0.25) is 0 Å². The largest absolute Gasteiger partial charge is 0.481 e. The predicted octanol–water partition coefficient (Wildman–Crippen LogP) is -2.18. The molecule has 230 valence electrons. The Kier molecular flexibility index (Phi) is 12.7. The zero-order chi connectivity index (χ0) is 31.4. The molecule has 1 aromatic carbocycles. The molecule has 5 amide bonds. The second-order valence-electron chi connectivity index (χ2n) is 10.4. The monoisotopic (exact) mass is 588 g/mol. The number of amides is 5. The number of guanidine groups is 1. The predicted molar refractivity (Wildman–Crippen MR) is 153 cm³/mol. The molecular formula is C27H40N8O7. The second kappa shape index (κ2) is 15.9. The van der Waals surface area contributed by atoms with Gasteiger partial charge in [-0.2, -0.15) is 0 Å². The highest BCUT2D eigenvalue weighted by molar-refractivity contribution is 5.98. The van der Waals surface area contributed by atoms with Crippen molar-refractivity contribution >= 4 is 41.5 Å². The van der Waals surface area contributed by atoms with Gasteiger partial charge in [-0.15, -0.1) is 0 Å². The molecule has 15 heteroatoms. The number of nitrogens with zero attached hydrogens (tertiary/aromatic N) is 2. The van der Waals surface area contributed by atoms with Gasteiger partial charge in [0.25, 0.3) is 0 Å². The zero-order valence-electron chi connectivity index (χ0n) is 24.0. The van der Waals surface area contributed by atoms with E-state index in [1.54, 1.807) is 44.2 Å². The van der Waals surface area contributed by atoms with E-state index in [1.165, 1.54) is 7.05 Å². The van der Waals surface area contributed by atoms with Crippen LogP contribution in [0.15, 0.2) is 35.3 Å². The van der Waals surface area contributed by atoms with Crippen molar-refractivity contribution in [2.24, 2.45) is 22.4 Å². The van der Waals surface area contributed by atoms with Crippen LogP contribution in [0.3, 0.4) is 0 Å².